The van der Waals surface area contributed by atoms with Crippen LogP contribution >= 0.6 is 0 Å². The lowest BCUT2D eigenvalue weighted by atomic mass is 9.66. The molecule has 4 aliphatic rings. The van der Waals surface area contributed by atoms with Crippen LogP contribution in [0, 0.1) is 0 Å². The Balaban J connectivity index is 1.14. The molecule has 61 heavy (non-hydrogen) atoms. The van der Waals surface area contributed by atoms with Gasteiger partial charge >= 0.3 is 0 Å². The highest BCUT2D eigenvalue weighted by atomic mass is 15.1. The van der Waals surface area contributed by atoms with Crippen LogP contribution < -0.4 is 4.90 Å². The van der Waals surface area contributed by atoms with Gasteiger partial charge in [-0.2, -0.15) is 0 Å². The maximum Gasteiger partial charge on any atom is 0.0710 e. The first kappa shape index (κ1) is 36.8. The zero-order valence-corrected chi connectivity index (χ0v) is 34.7. The molecule has 0 fully saturated rings. The van der Waals surface area contributed by atoms with Gasteiger partial charge in [-0.15, -0.1) is 0 Å². The number of nitrogens with zero attached hydrogens (tertiary/aromatic N) is 1. The number of hydrogen-bond acceptors (Lipinski definition) is 1. The second kappa shape index (κ2) is 14.8. The Hall–Kier alpha value is -7.22. The molecule has 0 aromatic heterocycles. The normalized spacial score (nSPS) is 17.7. The number of anilines is 3. The average Bonchev–Trinajstić information content (AvgIpc) is 3.50. The highest BCUT2D eigenvalue weighted by molar-refractivity contribution is 6.00. The first-order valence-corrected chi connectivity index (χ1v) is 21.7. The van der Waals surface area contributed by atoms with Crippen molar-refractivity contribution in [1.29, 1.82) is 0 Å². The van der Waals surface area contributed by atoms with Gasteiger partial charge in [0.25, 0.3) is 0 Å². The van der Waals surface area contributed by atoms with Gasteiger partial charge in [-0.05, 0) is 116 Å². The van der Waals surface area contributed by atoms with Crippen molar-refractivity contribution in [2.45, 2.75) is 37.5 Å². The van der Waals surface area contributed by atoms with Gasteiger partial charge in [0.2, 0.25) is 0 Å². The molecule has 1 unspecified atom stereocenters. The number of hydrogen-bond donors (Lipinski definition) is 0. The highest BCUT2D eigenvalue weighted by Crippen LogP contribution is 2.60. The summed E-state index contributed by atoms with van der Waals surface area (Å²) >= 11 is 0. The molecule has 7 aromatic rings. The largest absolute Gasteiger partial charge is 0.310 e. The number of para-hydroxylation sites is 1. The van der Waals surface area contributed by atoms with Crippen molar-refractivity contribution in [2.24, 2.45) is 0 Å². The van der Waals surface area contributed by atoms with Crippen LogP contribution in [0.15, 0.2) is 230 Å². The van der Waals surface area contributed by atoms with Crippen LogP contribution in [0.2, 0.25) is 0 Å². The third-order valence-electron chi connectivity index (χ3n) is 13.4. The van der Waals surface area contributed by atoms with E-state index < -0.39 is 5.41 Å². The predicted molar refractivity (Wildman–Crippen MR) is 258 cm³/mol. The van der Waals surface area contributed by atoms with Gasteiger partial charge in [0.15, 0.2) is 0 Å². The van der Waals surface area contributed by atoms with E-state index in [1.807, 2.05) is 0 Å². The predicted octanol–water partition coefficient (Wildman–Crippen LogP) is 15.8. The average molecular weight is 782 g/mol. The molecule has 4 aliphatic carbocycles. The molecular formula is C60H47N. The van der Waals surface area contributed by atoms with Gasteiger partial charge in [-0.25, -0.2) is 0 Å². The van der Waals surface area contributed by atoms with E-state index in [1.165, 1.54) is 77.9 Å². The van der Waals surface area contributed by atoms with Crippen LogP contribution in [0.3, 0.4) is 0 Å². The Kier molecular flexibility index (Phi) is 8.94. The number of fused-ring (bicyclic) bond motifs is 6. The van der Waals surface area contributed by atoms with Crippen molar-refractivity contribution in [3.8, 4) is 33.4 Å². The Bertz CT molecular complexity index is 3040. The monoisotopic (exact) mass is 781 g/mol. The molecule has 0 spiro atoms. The van der Waals surface area contributed by atoms with Gasteiger partial charge in [0.05, 0.1) is 11.1 Å². The molecule has 0 heterocycles. The summed E-state index contributed by atoms with van der Waals surface area (Å²) in [6.07, 6.45) is 24.2. The molecule has 0 saturated heterocycles. The first-order valence-electron chi connectivity index (χ1n) is 21.7. The SMILES string of the molecule is CC1(C)c2ccccc2-c2ccc(N(c3ccc(C4=CCC=CC=C4)cc3)c3ccccc3-c3cccc4c3-c3ccccc3C4(C3=CCC=CC=C3)c3ccccc3)cc21. The van der Waals surface area contributed by atoms with E-state index in [0.29, 0.717) is 0 Å². The Morgan fingerprint density at radius 2 is 1.07 bits per heavy atom. The van der Waals surface area contributed by atoms with Crippen molar-refractivity contribution in [2.75, 3.05) is 4.90 Å². The van der Waals surface area contributed by atoms with Crippen molar-refractivity contribution in [3.63, 3.8) is 0 Å². The Labute approximate surface area is 360 Å². The van der Waals surface area contributed by atoms with Crippen LogP contribution in [0.25, 0.3) is 39.0 Å². The van der Waals surface area contributed by atoms with Crippen LogP contribution in [-0.2, 0) is 10.8 Å². The zero-order chi connectivity index (χ0) is 41.0. The van der Waals surface area contributed by atoms with Crippen molar-refractivity contribution < 1.29 is 0 Å². The van der Waals surface area contributed by atoms with Crippen molar-refractivity contribution in [1.82, 2.24) is 0 Å². The maximum absolute atomic E-state index is 2.49. The van der Waals surface area contributed by atoms with Gasteiger partial charge < -0.3 is 4.90 Å². The van der Waals surface area contributed by atoms with E-state index in [1.54, 1.807) is 0 Å². The second-order valence-electron chi connectivity index (χ2n) is 17.1. The highest BCUT2D eigenvalue weighted by Gasteiger charge is 2.47. The molecule has 0 aliphatic heterocycles. The summed E-state index contributed by atoms with van der Waals surface area (Å²) in [6.45, 7) is 4.74. The molecular weight excluding hydrogens is 735 g/mol. The van der Waals surface area contributed by atoms with E-state index in [0.717, 1.165) is 29.9 Å². The topological polar surface area (TPSA) is 3.24 Å². The number of benzene rings is 7. The summed E-state index contributed by atoms with van der Waals surface area (Å²) in [7, 11) is 0. The van der Waals surface area contributed by atoms with Crippen LogP contribution in [-0.4, -0.2) is 0 Å². The van der Waals surface area contributed by atoms with Crippen LogP contribution in [0.1, 0.15) is 60.1 Å². The number of rotatable bonds is 7. The molecule has 0 saturated carbocycles. The molecule has 1 atom stereocenters. The fraction of sp³-hybridized carbons (Fsp3) is 0.100. The maximum atomic E-state index is 2.49. The minimum atomic E-state index is -0.479. The molecule has 11 rings (SSSR count). The Morgan fingerprint density at radius 3 is 1.89 bits per heavy atom. The summed E-state index contributed by atoms with van der Waals surface area (Å²) in [5.74, 6) is 0. The minimum absolute atomic E-state index is 0.134. The fourth-order valence-corrected chi connectivity index (χ4v) is 10.6. The summed E-state index contributed by atoms with van der Waals surface area (Å²) in [5, 5.41) is 0. The molecule has 292 valence electrons. The van der Waals surface area contributed by atoms with Gasteiger partial charge in [-0.3, -0.25) is 0 Å². The molecule has 7 aromatic carbocycles. The first-order chi connectivity index (χ1) is 30.0. The van der Waals surface area contributed by atoms with Gasteiger partial charge in [0, 0.05) is 22.4 Å². The molecule has 1 heteroatoms. The summed E-state index contributed by atoms with van der Waals surface area (Å²) in [5.41, 5.74) is 20.9. The summed E-state index contributed by atoms with van der Waals surface area (Å²) < 4.78 is 0. The van der Waals surface area contributed by atoms with E-state index in [9.17, 15) is 0 Å². The van der Waals surface area contributed by atoms with E-state index >= 15 is 0 Å². The zero-order valence-electron chi connectivity index (χ0n) is 34.7. The fourth-order valence-electron chi connectivity index (χ4n) is 10.6. The quantitative estimate of drug-likeness (QED) is 0.156. The Morgan fingerprint density at radius 1 is 0.443 bits per heavy atom. The molecule has 0 amide bonds. The van der Waals surface area contributed by atoms with Crippen molar-refractivity contribution in [3.05, 3.63) is 264 Å². The molecule has 1 nitrogen and oxygen atoms in total. The minimum Gasteiger partial charge on any atom is -0.310 e. The standard InChI is InChI=1S/C60H47N/c1-59(2)53-31-17-14-27-48(53)49-40-39-47(41-56(49)59)61(46-37-35-43(36-38-46)42-21-8-3-4-9-22-42)57-34-19-16-28-50(57)51-30-20-33-55-58(51)52-29-15-18-32-54(52)60(55,45-25-12-7-13-26-45)44-23-10-5-6-11-24-44/h3-8,10,12-41H,9,11H2,1-2H3. The van der Waals surface area contributed by atoms with E-state index in [4.69, 9.17) is 0 Å². The van der Waals surface area contributed by atoms with Crippen LogP contribution in [0.4, 0.5) is 17.1 Å². The lowest BCUT2D eigenvalue weighted by molar-refractivity contribution is 0.660. The molecule has 0 bridgehead atoms. The molecule has 0 radical (unpaired) electrons. The lowest BCUT2D eigenvalue weighted by Crippen LogP contribution is -2.29. The van der Waals surface area contributed by atoms with Gasteiger partial charge in [-0.1, -0.05) is 208 Å². The lowest BCUT2D eigenvalue weighted by Gasteiger charge is -2.35. The third kappa shape index (κ3) is 5.83. The second-order valence-corrected chi connectivity index (χ2v) is 17.1. The number of allylic oxidation sites excluding steroid dienone is 12. The van der Waals surface area contributed by atoms with E-state index in [-0.39, 0.29) is 5.41 Å². The van der Waals surface area contributed by atoms with Gasteiger partial charge in [0.1, 0.15) is 0 Å². The summed E-state index contributed by atoms with van der Waals surface area (Å²) in [6, 6.07) is 61.5. The van der Waals surface area contributed by atoms with E-state index in [2.05, 4.69) is 243 Å². The smallest absolute Gasteiger partial charge is 0.0710 e. The van der Waals surface area contributed by atoms with Crippen LogP contribution in [0.5, 0.6) is 0 Å². The third-order valence-corrected chi connectivity index (χ3v) is 13.4. The van der Waals surface area contributed by atoms with Crippen molar-refractivity contribution >= 4 is 22.6 Å². The summed E-state index contributed by atoms with van der Waals surface area (Å²) in [4.78, 5) is 2.49. The molecule has 0 N–H and O–H groups in total.